The molecule has 1 heterocycles. The van der Waals surface area contributed by atoms with E-state index in [2.05, 4.69) is 35.5 Å². The van der Waals surface area contributed by atoms with Gasteiger partial charge in [0.15, 0.2) is 0 Å². The first-order valence-corrected chi connectivity index (χ1v) is 8.89. The van der Waals surface area contributed by atoms with Crippen LogP contribution in [0, 0.1) is 5.92 Å². The van der Waals surface area contributed by atoms with Gasteiger partial charge >= 0.3 is 6.09 Å². The van der Waals surface area contributed by atoms with E-state index < -0.39 is 5.60 Å². The maximum absolute atomic E-state index is 11.5. The van der Waals surface area contributed by atoms with Crippen molar-refractivity contribution in [3.05, 3.63) is 12.2 Å². The summed E-state index contributed by atoms with van der Waals surface area (Å²) in [6.45, 7) is 15.0. The summed E-state index contributed by atoms with van der Waals surface area (Å²) in [5.41, 5.74) is -0.447. The number of carbonyl (C=O) groups is 1. The minimum absolute atomic E-state index is 0.370. The van der Waals surface area contributed by atoms with Gasteiger partial charge in [-0.05, 0) is 59.5 Å². The first-order valence-electron chi connectivity index (χ1n) is 8.89. The van der Waals surface area contributed by atoms with E-state index in [-0.39, 0.29) is 6.09 Å². The quantitative estimate of drug-likeness (QED) is 0.707. The first-order chi connectivity index (χ1) is 10.8. The summed E-state index contributed by atoms with van der Waals surface area (Å²) in [5, 5.41) is 6.29. The summed E-state index contributed by atoms with van der Waals surface area (Å²) in [7, 11) is 0. The van der Waals surface area contributed by atoms with Crippen molar-refractivity contribution >= 4 is 6.09 Å². The van der Waals surface area contributed by atoms with Crippen LogP contribution in [0.1, 0.15) is 47.5 Å². The van der Waals surface area contributed by atoms with E-state index in [0.29, 0.717) is 12.6 Å². The molecule has 5 nitrogen and oxygen atoms in total. The molecule has 2 N–H and O–H groups in total. The van der Waals surface area contributed by atoms with E-state index in [1.807, 2.05) is 26.8 Å². The second kappa shape index (κ2) is 9.93. The number of amides is 1. The van der Waals surface area contributed by atoms with Crippen LogP contribution >= 0.6 is 0 Å². The third kappa shape index (κ3) is 8.96. The number of carbonyl (C=O) groups excluding carboxylic acids is 1. The molecule has 5 heteroatoms. The fraction of sp³-hybridized carbons (Fsp3) is 0.833. The first kappa shape index (κ1) is 20.0. The number of ether oxygens (including phenoxy) is 1. The summed E-state index contributed by atoms with van der Waals surface area (Å²) in [6, 6.07) is 0.521. The highest BCUT2D eigenvalue weighted by molar-refractivity contribution is 5.67. The summed E-state index contributed by atoms with van der Waals surface area (Å²) in [4.78, 5) is 14.0. The van der Waals surface area contributed by atoms with E-state index in [1.165, 1.54) is 25.9 Å². The predicted octanol–water partition coefficient (Wildman–Crippen LogP) is 2.78. The highest BCUT2D eigenvalue weighted by atomic mass is 16.6. The molecule has 0 aromatic rings. The van der Waals surface area contributed by atoms with Gasteiger partial charge in [0.2, 0.25) is 0 Å². The zero-order valence-electron chi connectivity index (χ0n) is 15.5. The highest BCUT2D eigenvalue weighted by Gasteiger charge is 2.23. The fourth-order valence-corrected chi connectivity index (χ4v) is 2.83. The van der Waals surface area contributed by atoms with Gasteiger partial charge in [-0.2, -0.15) is 0 Å². The molecule has 1 rings (SSSR count). The summed E-state index contributed by atoms with van der Waals surface area (Å²) in [5.74, 6) is 0.733. The van der Waals surface area contributed by atoms with Crippen LogP contribution in [0.2, 0.25) is 0 Å². The molecule has 0 aromatic carbocycles. The maximum atomic E-state index is 11.5. The SMILES string of the molecule is CCN1CCCC(C(C)NC/C=C/CNC(=O)OC(C)(C)C)C1. The van der Waals surface area contributed by atoms with E-state index in [1.54, 1.807) is 0 Å². The van der Waals surface area contributed by atoms with Crippen LogP contribution in [-0.2, 0) is 4.74 Å². The number of alkyl carbamates (subject to hydrolysis) is 1. The number of piperidine rings is 1. The van der Waals surface area contributed by atoms with E-state index >= 15 is 0 Å². The van der Waals surface area contributed by atoms with Gasteiger partial charge in [0.25, 0.3) is 0 Å². The molecule has 23 heavy (non-hydrogen) atoms. The van der Waals surface area contributed by atoms with Crippen molar-refractivity contribution in [3.63, 3.8) is 0 Å². The van der Waals surface area contributed by atoms with Gasteiger partial charge in [-0.25, -0.2) is 4.79 Å². The minimum atomic E-state index is -0.447. The molecule has 1 fully saturated rings. The van der Waals surface area contributed by atoms with Crippen molar-refractivity contribution in [2.24, 2.45) is 5.92 Å². The maximum Gasteiger partial charge on any atom is 0.407 e. The van der Waals surface area contributed by atoms with Crippen LogP contribution in [-0.4, -0.2) is 55.4 Å². The number of nitrogens with zero attached hydrogens (tertiary/aromatic N) is 1. The Kier molecular flexibility index (Phi) is 8.63. The lowest BCUT2D eigenvalue weighted by molar-refractivity contribution is 0.0534. The summed E-state index contributed by atoms with van der Waals surface area (Å²) in [6.07, 6.45) is 6.27. The minimum Gasteiger partial charge on any atom is -0.444 e. The monoisotopic (exact) mass is 325 g/mol. The third-order valence-corrected chi connectivity index (χ3v) is 4.18. The smallest absolute Gasteiger partial charge is 0.407 e. The van der Waals surface area contributed by atoms with Crippen molar-refractivity contribution in [2.75, 3.05) is 32.7 Å². The molecule has 0 saturated carbocycles. The third-order valence-electron chi connectivity index (χ3n) is 4.18. The molecule has 1 aliphatic heterocycles. The molecule has 134 valence electrons. The fourth-order valence-electron chi connectivity index (χ4n) is 2.83. The van der Waals surface area contributed by atoms with Crippen molar-refractivity contribution in [1.82, 2.24) is 15.5 Å². The lowest BCUT2D eigenvalue weighted by Gasteiger charge is -2.35. The van der Waals surface area contributed by atoms with Gasteiger partial charge < -0.3 is 20.3 Å². The molecular formula is C18H35N3O2. The standard InChI is InChI=1S/C18H35N3O2/c1-6-21-13-9-10-16(14-21)15(2)19-11-7-8-12-20-17(22)23-18(3,4)5/h7-8,15-16,19H,6,9-14H2,1-5H3,(H,20,22)/b8-7+. The molecule has 0 aromatic heterocycles. The molecule has 1 aliphatic rings. The van der Waals surface area contributed by atoms with Crippen molar-refractivity contribution in [1.29, 1.82) is 0 Å². The largest absolute Gasteiger partial charge is 0.444 e. The second-order valence-electron chi connectivity index (χ2n) is 7.35. The van der Waals surface area contributed by atoms with Crippen LogP contribution in [0.4, 0.5) is 4.79 Å². The summed E-state index contributed by atoms with van der Waals surface area (Å²) >= 11 is 0. The average molecular weight is 325 g/mol. The molecule has 2 atom stereocenters. The Morgan fingerprint density at radius 3 is 2.70 bits per heavy atom. The molecule has 2 unspecified atom stereocenters. The Hall–Kier alpha value is -1.07. The number of nitrogens with one attached hydrogen (secondary N) is 2. The van der Waals surface area contributed by atoms with E-state index in [0.717, 1.165) is 19.0 Å². The van der Waals surface area contributed by atoms with Crippen LogP contribution in [0.25, 0.3) is 0 Å². The lowest BCUT2D eigenvalue weighted by atomic mass is 9.91. The van der Waals surface area contributed by atoms with E-state index in [9.17, 15) is 4.79 Å². The molecule has 0 aliphatic carbocycles. The van der Waals surface area contributed by atoms with Gasteiger partial charge in [-0.15, -0.1) is 0 Å². The van der Waals surface area contributed by atoms with Crippen LogP contribution in [0.5, 0.6) is 0 Å². The molecule has 1 saturated heterocycles. The molecule has 0 bridgehead atoms. The average Bonchev–Trinajstić information content (AvgIpc) is 2.48. The topological polar surface area (TPSA) is 53.6 Å². The van der Waals surface area contributed by atoms with Crippen LogP contribution in [0.15, 0.2) is 12.2 Å². The zero-order chi connectivity index (χ0) is 17.3. The van der Waals surface area contributed by atoms with Gasteiger partial charge in [0.05, 0.1) is 0 Å². The van der Waals surface area contributed by atoms with Gasteiger partial charge in [-0.3, -0.25) is 0 Å². The predicted molar refractivity (Wildman–Crippen MR) is 95.7 cm³/mol. The molecule has 1 amide bonds. The van der Waals surface area contributed by atoms with E-state index in [4.69, 9.17) is 4.74 Å². The van der Waals surface area contributed by atoms with Crippen molar-refractivity contribution in [2.45, 2.75) is 59.1 Å². The normalized spacial score (nSPS) is 21.3. The summed E-state index contributed by atoms with van der Waals surface area (Å²) < 4.78 is 5.18. The van der Waals surface area contributed by atoms with Crippen molar-refractivity contribution < 1.29 is 9.53 Å². The van der Waals surface area contributed by atoms with Crippen LogP contribution < -0.4 is 10.6 Å². The van der Waals surface area contributed by atoms with Gasteiger partial charge in [0.1, 0.15) is 5.60 Å². The van der Waals surface area contributed by atoms with Crippen LogP contribution in [0.3, 0.4) is 0 Å². The molecule has 0 spiro atoms. The number of likely N-dealkylation sites (tertiary alicyclic amines) is 1. The Bertz CT molecular complexity index is 377. The van der Waals surface area contributed by atoms with Gasteiger partial charge in [-0.1, -0.05) is 19.1 Å². The Morgan fingerprint density at radius 2 is 2.04 bits per heavy atom. The number of rotatable bonds is 7. The number of hydrogen-bond acceptors (Lipinski definition) is 4. The second-order valence-corrected chi connectivity index (χ2v) is 7.35. The Morgan fingerprint density at radius 1 is 1.35 bits per heavy atom. The molecular weight excluding hydrogens is 290 g/mol. The lowest BCUT2D eigenvalue weighted by Crippen LogP contribution is -2.44. The number of hydrogen-bond donors (Lipinski definition) is 2. The van der Waals surface area contributed by atoms with Crippen molar-refractivity contribution in [3.8, 4) is 0 Å². The zero-order valence-corrected chi connectivity index (χ0v) is 15.5. The molecule has 0 radical (unpaired) electrons. The highest BCUT2D eigenvalue weighted by Crippen LogP contribution is 2.19. The van der Waals surface area contributed by atoms with Gasteiger partial charge in [0, 0.05) is 25.7 Å². The Balaban J connectivity index is 2.14. The Labute approximate surface area is 141 Å².